The fraction of sp³-hybridized carbons (Fsp3) is 0.474. The lowest BCUT2D eigenvalue weighted by molar-refractivity contribution is -0.385. The topological polar surface area (TPSA) is 90.1 Å². The maximum absolute atomic E-state index is 12.7. The van der Waals surface area contributed by atoms with Gasteiger partial charge in [-0.2, -0.15) is 5.10 Å². The number of nitrogens with zero attached hydrogens (tertiary/aromatic N) is 3. The summed E-state index contributed by atoms with van der Waals surface area (Å²) < 4.78 is 1.80. The van der Waals surface area contributed by atoms with Gasteiger partial charge in [-0.1, -0.05) is 20.8 Å². The van der Waals surface area contributed by atoms with E-state index in [1.807, 2.05) is 26.8 Å². The average molecular weight is 358 g/mol. The van der Waals surface area contributed by atoms with Crippen LogP contribution in [0.1, 0.15) is 63.2 Å². The number of hydrogen-bond acceptors (Lipinski definition) is 4. The van der Waals surface area contributed by atoms with Gasteiger partial charge in [0.2, 0.25) is 0 Å². The van der Waals surface area contributed by atoms with Crippen molar-refractivity contribution in [3.8, 4) is 0 Å². The molecule has 0 aliphatic rings. The molecule has 7 heteroatoms. The zero-order valence-electron chi connectivity index (χ0n) is 16.4. The first-order valence-corrected chi connectivity index (χ1v) is 8.48. The number of amides is 1. The largest absolute Gasteiger partial charge is 0.307 e. The molecule has 0 unspecified atom stereocenters. The van der Waals surface area contributed by atoms with Gasteiger partial charge in [-0.15, -0.1) is 0 Å². The van der Waals surface area contributed by atoms with Crippen LogP contribution in [0.15, 0.2) is 24.3 Å². The fourth-order valence-corrected chi connectivity index (χ4v) is 2.54. The Kier molecular flexibility index (Phi) is 4.94. The van der Waals surface area contributed by atoms with Crippen LogP contribution in [-0.2, 0) is 11.0 Å². The first kappa shape index (κ1) is 19.6. The Hall–Kier alpha value is -2.70. The molecule has 2 rings (SSSR count). The van der Waals surface area contributed by atoms with Gasteiger partial charge in [-0.25, -0.2) is 4.68 Å². The van der Waals surface area contributed by atoms with Gasteiger partial charge in [-0.05, 0) is 39.8 Å². The number of carbonyl (C=O) groups is 1. The molecule has 0 aliphatic heterocycles. The highest BCUT2D eigenvalue weighted by atomic mass is 16.6. The zero-order chi connectivity index (χ0) is 19.9. The lowest BCUT2D eigenvalue weighted by atomic mass is 9.92. The van der Waals surface area contributed by atoms with Crippen molar-refractivity contribution < 1.29 is 9.72 Å². The van der Waals surface area contributed by atoms with E-state index in [2.05, 4.69) is 31.2 Å². The third-order valence-corrected chi connectivity index (χ3v) is 4.01. The van der Waals surface area contributed by atoms with Crippen LogP contribution in [0, 0.1) is 17.0 Å². The van der Waals surface area contributed by atoms with Gasteiger partial charge in [0.1, 0.15) is 5.82 Å². The highest BCUT2D eigenvalue weighted by molar-refractivity contribution is 6.04. The van der Waals surface area contributed by atoms with E-state index in [0.717, 1.165) is 5.69 Å². The lowest BCUT2D eigenvalue weighted by Crippen LogP contribution is -2.27. The number of nitro benzene ring substituents is 1. The minimum atomic E-state index is -0.457. The SMILES string of the molecule is Cc1cc(C(=O)Nc2cc(C(C)(C)C)nn2C(C)(C)C)ccc1[N+](=O)[O-]. The molecule has 1 amide bonds. The Labute approximate surface area is 153 Å². The monoisotopic (exact) mass is 358 g/mol. The molecule has 2 aromatic rings. The second-order valence-electron chi connectivity index (χ2n) is 8.46. The Morgan fingerprint density at radius 3 is 2.23 bits per heavy atom. The van der Waals surface area contributed by atoms with Crippen molar-refractivity contribution in [3.05, 3.63) is 51.2 Å². The average Bonchev–Trinajstić information content (AvgIpc) is 2.90. The van der Waals surface area contributed by atoms with Crippen LogP contribution in [0.5, 0.6) is 0 Å². The minimum absolute atomic E-state index is 0.00342. The molecule has 0 fully saturated rings. The number of aryl methyl sites for hydroxylation is 1. The number of aromatic nitrogens is 2. The van der Waals surface area contributed by atoms with E-state index < -0.39 is 4.92 Å². The van der Waals surface area contributed by atoms with E-state index in [1.54, 1.807) is 11.6 Å². The summed E-state index contributed by atoms with van der Waals surface area (Å²) in [6.45, 7) is 13.8. The summed E-state index contributed by atoms with van der Waals surface area (Å²) in [6, 6.07) is 6.21. The maximum atomic E-state index is 12.7. The van der Waals surface area contributed by atoms with Crippen LogP contribution in [0.25, 0.3) is 0 Å². The maximum Gasteiger partial charge on any atom is 0.272 e. The predicted octanol–water partition coefficient (Wildman–Crippen LogP) is 4.40. The molecule has 1 aromatic carbocycles. The van der Waals surface area contributed by atoms with E-state index >= 15 is 0 Å². The second kappa shape index (κ2) is 6.55. The lowest BCUT2D eigenvalue weighted by Gasteiger charge is -2.23. The molecule has 0 bridgehead atoms. The van der Waals surface area contributed by atoms with Gasteiger partial charge >= 0.3 is 0 Å². The van der Waals surface area contributed by atoms with Crippen molar-refractivity contribution in [2.45, 2.75) is 59.4 Å². The van der Waals surface area contributed by atoms with Crippen molar-refractivity contribution in [2.75, 3.05) is 5.32 Å². The van der Waals surface area contributed by atoms with E-state index in [-0.39, 0.29) is 22.5 Å². The van der Waals surface area contributed by atoms with Gasteiger partial charge < -0.3 is 5.32 Å². The smallest absolute Gasteiger partial charge is 0.272 e. The molecule has 1 N–H and O–H groups in total. The first-order chi connectivity index (χ1) is 11.8. The molecule has 140 valence electrons. The summed E-state index contributed by atoms with van der Waals surface area (Å²) in [6.07, 6.45) is 0. The molecule has 26 heavy (non-hydrogen) atoms. The van der Waals surface area contributed by atoms with Crippen LogP contribution >= 0.6 is 0 Å². The Balaban J connectivity index is 2.38. The highest BCUT2D eigenvalue weighted by Gasteiger charge is 2.26. The zero-order valence-corrected chi connectivity index (χ0v) is 16.4. The van der Waals surface area contributed by atoms with Crippen LogP contribution in [-0.4, -0.2) is 20.6 Å². The van der Waals surface area contributed by atoms with E-state index in [4.69, 9.17) is 0 Å². The van der Waals surface area contributed by atoms with Crippen molar-refractivity contribution in [2.24, 2.45) is 0 Å². The number of benzene rings is 1. The number of hydrogen-bond donors (Lipinski definition) is 1. The molecule has 1 aromatic heterocycles. The summed E-state index contributed by atoms with van der Waals surface area (Å²) in [5.74, 6) is 0.275. The van der Waals surface area contributed by atoms with E-state index in [1.165, 1.54) is 18.2 Å². The second-order valence-corrected chi connectivity index (χ2v) is 8.46. The molecule has 0 radical (unpaired) electrons. The third-order valence-electron chi connectivity index (χ3n) is 4.01. The number of nitrogens with one attached hydrogen (secondary N) is 1. The molecule has 0 spiro atoms. The van der Waals surface area contributed by atoms with Crippen LogP contribution in [0.2, 0.25) is 0 Å². The highest BCUT2D eigenvalue weighted by Crippen LogP contribution is 2.28. The molecule has 1 heterocycles. The van der Waals surface area contributed by atoms with Gasteiger partial charge in [0.15, 0.2) is 0 Å². The number of carbonyl (C=O) groups excluding carboxylic acids is 1. The summed E-state index contributed by atoms with van der Waals surface area (Å²) in [5.41, 5.74) is 1.23. The van der Waals surface area contributed by atoms with Gasteiger partial charge in [-0.3, -0.25) is 14.9 Å². The molecular weight excluding hydrogens is 332 g/mol. The van der Waals surface area contributed by atoms with E-state index in [0.29, 0.717) is 16.9 Å². The summed E-state index contributed by atoms with van der Waals surface area (Å²) in [7, 11) is 0. The number of nitro groups is 1. The van der Waals surface area contributed by atoms with Crippen molar-refractivity contribution in [3.63, 3.8) is 0 Å². The van der Waals surface area contributed by atoms with Crippen molar-refractivity contribution in [1.82, 2.24) is 9.78 Å². The predicted molar refractivity (Wildman–Crippen MR) is 102 cm³/mol. The molecule has 7 nitrogen and oxygen atoms in total. The Morgan fingerprint density at radius 2 is 1.77 bits per heavy atom. The molecule has 0 saturated carbocycles. The number of rotatable bonds is 3. The van der Waals surface area contributed by atoms with Gasteiger partial charge in [0, 0.05) is 28.7 Å². The van der Waals surface area contributed by atoms with E-state index in [9.17, 15) is 14.9 Å². The van der Waals surface area contributed by atoms with Crippen molar-refractivity contribution in [1.29, 1.82) is 0 Å². The fourth-order valence-electron chi connectivity index (χ4n) is 2.54. The molecular formula is C19H26N4O3. The standard InChI is InChI=1S/C19H26N4O3/c1-12-10-13(8-9-14(12)23(25)26)17(24)20-16-11-15(18(2,3)4)21-22(16)19(5,6)7/h8-11H,1-7H3,(H,20,24). The Bertz CT molecular complexity index is 855. The van der Waals surface area contributed by atoms with Gasteiger partial charge in [0.05, 0.1) is 16.2 Å². The Morgan fingerprint density at radius 1 is 1.15 bits per heavy atom. The number of anilines is 1. The van der Waals surface area contributed by atoms with Crippen LogP contribution < -0.4 is 5.32 Å². The molecule has 0 saturated heterocycles. The quantitative estimate of drug-likeness (QED) is 0.650. The van der Waals surface area contributed by atoms with Crippen LogP contribution in [0.4, 0.5) is 11.5 Å². The summed E-state index contributed by atoms with van der Waals surface area (Å²) in [5, 5.41) is 18.5. The summed E-state index contributed by atoms with van der Waals surface area (Å²) in [4.78, 5) is 23.1. The minimum Gasteiger partial charge on any atom is -0.307 e. The third kappa shape index (κ3) is 4.09. The van der Waals surface area contributed by atoms with Crippen LogP contribution in [0.3, 0.4) is 0 Å². The normalized spacial score (nSPS) is 12.1. The summed E-state index contributed by atoms with van der Waals surface area (Å²) >= 11 is 0. The van der Waals surface area contributed by atoms with Gasteiger partial charge in [0.25, 0.3) is 11.6 Å². The molecule has 0 atom stereocenters. The first-order valence-electron chi connectivity index (χ1n) is 8.48. The molecule has 0 aliphatic carbocycles. The van der Waals surface area contributed by atoms with Crippen molar-refractivity contribution >= 4 is 17.4 Å².